The van der Waals surface area contributed by atoms with Crippen LogP contribution in [-0.2, 0) is 4.74 Å². The monoisotopic (exact) mass is 306 g/mol. The quantitative estimate of drug-likeness (QED) is 0.706. The molecule has 0 rings (SSSR count). The van der Waals surface area contributed by atoms with Crippen LogP contribution in [0.2, 0.25) is 0 Å². The molecule has 0 aliphatic carbocycles. The van der Waals surface area contributed by atoms with Gasteiger partial charge in [-0.1, -0.05) is 0 Å². The van der Waals surface area contributed by atoms with Gasteiger partial charge in [0.2, 0.25) is 0 Å². The third-order valence-electron chi connectivity index (χ3n) is 1.98. The van der Waals surface area contributed by atoms with Crippen molar-refractivity contribution in [2.75, 3.05) is 13.2 Å². The summed E-state index contributed by atoms with van der Waals surface area (Å²) in [6.07, 6.45) is -8.02. The van der Waals surface area contributed by atoms with Gasteiger partial charge in [0.25, 0.3) is 0 Å². The number of alkyl halides is 8. The number of rotatable bonds is 7. The lowest BCUT2D eigenvalue weighted by atomic mass is 10.1. The highest BCUT2D eigenvalue weighted by Crippen LogP contribution is 2.52. The van der Waals surface area contributed by atoms with Crippen molar-refractivity contribution >= 4 is 0 Å². The Bertz CT molecular complexity index is 301. The molecule has 0 fully saturated rings. The van der Waals surface area contributed by atoms with Crippen LogP contribution < -0.4 is 0 Å². The second-order valence-corrected chi connectivity index (χ2v) is 3.70. The van der Waals surface area contributed by atoms with E-state index in [0.717, 1.165) is 0 Å². The van der Waals surface area contributed by atoms with E-state index in [0.29, 0.717) is 0 Å². The third-order valence-corrected chi connectivity index (χ3v) is 1.98. The first-order valence-electron chi connectivity index (χ1n) is 4.65. The zero-order valence-corrected chi connectivity index (χ0v) is 9.32. The number of aliphatic hydroxyl groups excluding tert-OH is 2. The van der Waals surface area contributed by atoms with Crippen LogP contribution in [0.15, 0.2) is 0 Å². The van der Waals surface area contributed by atoms with Crippen molar-refractivity contribution in [3.63, 3.8) is 0 Å². The smallest absolute Gasteiger partial charge is 0.394 e. The van der Waals surface area contributed by atoms with Crippen molar-refractivity contribution in [2.45, 2.75) is 36.9 Å². The first-order valence-corrected chi connectivity index (χ1v) is 4.65. The summed E-state index contributed by atoms with van der Waals surface area (Å²) in [6.45, 7) is -3.48. The van der Waals surface area contributed by atoms with Crippen LogP contribution >= 0.6 is 0 Å². The van der Waals surface area contributed by atoms with E-state index in [-0.39, 0.29) is 0 Å². The van der Waals surface area contributed by atoms with E-state index < -0.39 is 50.1 Å². The first-order chi connectivity index (χ1) is 8.20. The average molecular weight is 306 g/mol. The molecule has 0 aromatic carbocycles. The van der Waals surface area contributed by atoms with Crippen molar-refractivity contribution in [1.82, 2.24) is 0 Å². The average Bonchev–Trinajstić information content (AvgIpc) is 2.23. The fourth-order valence-corrected chi connectivity index (χ4v) is 0.803. The molecule has 0 aromatic heterocycles. The van der Waals surface area contributed by atoms with Crippen molar-refractivity contribution in [2.24, 2.45) is 0 Å². The van der Waals surface area contributed by atoms with E-state index in [1.165, 1.54) is 0 Å². The molecule has 3 nitrogen and oxygen atoms in total. The van der Waals surface area contributed by atoms with Crippen LogP contribution in [0.25, 0.3) is 0 Å². The van der Waals surface area contributed by atoms with E-state index >= 15 is 0 Å². The maximum atomic E-state index is 12.8. The fraction of sp³-hybridized carbons (Fsp3) is 1.00. The van der Waals surface area contributed by atoms with Gasteiger partial charge >= 0.3 is 23.9 Å². The van der Waals surface area contributed by atoms with Crippen molar-refractivity contribution < 1.29 is 50.1 Å². The largest absolute Gasteiger partial charge is 0.426 e. The summed E-state index contributed by atoms with van der Waals surface area (Å²) >= 11 is 0. The van der Waals surface area contributed by atoms with Gasteiger partial charge in [0.1, 0.15) is 6.10 Å². The Morgan fingerprint density at radius 2 is 1.37 bits per heavy atom. The molecule has 0 spiro atoms. The highest BCUT2D eigenvalue weighted by molar-refractivity contribution is 4.98. The Balaban J connectivity index is 5.17. The zero-order valence-electron chi connectivity index (χ0n) is 9.32. The number of hydrogen-bond donors (Lipinski definition) is 2. The molecular formula is C8H10F8O3. The summed E-state index contributed by atoms with van der Waals surface area (Å²) < 4.78 is 104. The van der Waals surface area contributed by atoms with Gasteiger partial charge in [-0.25, -0.2) is 0 Å². The van der Waals surface area contributed by atoms with Gasteiger partial charge in [0, 0.05) is 6.92 Å². The second-order valence-electron chi connectivity index (χ2n) is 3.70. The van der Waals surface area contributed by atoms with Crippen molar-refractivity contribution in [3.8, 4) is 0 Å². The Morgan fingerprint density at radius 1 is 0.947 bits per heavy atom. The molecule has 0 radical (unpaired) electrons. The number of ether oxygens (including phenoxy) is 1. The minimum absolute atomic E-state index is 0.653. The number of halogens is 8. The van der Waals surface area contributed by atoms with Gasteiger partial charge in [0.05, 0.1) is 13.2 Å². The van der Waals surface area contributed by atoms with Gasteiger partial charge in [0.15, 0.2) is 0 Å². The standard InChI is InChI=1S/C8H10F8O3/c1-5(9,10)6(11,12)7(13,14)8(15,16)19-3-4(18)2-17/h4,17-18H,2-3H2,1H3. The van der Waals surface area contributed by atoms with Gasteiger partial charge in [-0.2, -0.15) is 35.1 Å². The third kappa shape index (κ3) is 3.45. The van der Waals surface area contributed by atoms with Crippen LogP contribution in [0, 0.1) is 0 Å². The van der Waals surface area contributed by atoms with E-state index in [9.17, 15) is 35.1 Å². The van der Waals surface area contributed by atoms with Crippen LogP contribution in [0.1, 0.15) is 6.92 Å². The lowest BCUT2D eigenvalue weighted by molar-refractivity contribution is -0.427. The fourth-order valence-electron chi connectivity index (χ4n) is 0.803. The molecule has 0 aliphatic rings. The highest BCUT2D eigenvalue weighted by atomic mass is 19.4. The van der Waals surface area contributed by atoms with Gasteiger partial charge in [-0.15, -0.1) is 0 Å². The van der Waals surface area contributed by atoms with Crippen LogP contribution in [-0.4, -0.2) is 53.4 Å². The normalized spacial score (nSPS) is 16.6. The topological polar surface area (TPSA) is 49.7 Å². The molecule has 0 bridgehead atoms. The molecule has 0 heterocycles. The summed E-state index contributed by atoms with van der Waals surface area (Å²) in [7, 11) is 0. The maximum Gasteiger partial charge on any atom is 0.426 e. The Hall–Kier alpha value is -0.680. The summed E-state index contributed by atoms with van der Waals surface area (Å²) in [6, 6.07) is 0. The van der Waals surface area contributed by atoms with Crippen LogP contribution in [0.5, 0.6) is 0 Å². The number of aliphatic hydroxyl groups is 2. The second kappa shape index (κ2) is 5.37. The van der Waals surface area contributed by atoms with E-state index in [1.54, 1.807) is 0 Å². The molecule has 0 saturated heterocycles. The molecule has 1 unspecified atom stereocenters. The lowest BCUT2D eigenvalue weighted by Crippen LogP contribution is -2.62. The molecular weight excluding hydrogens is 296 g/mol. The predicted molar refractivity (Wildman–Crippen MR) is 44.5 cm³/mol. The summed E-state index contributed by atoms with van der Waals surface area (Å²) in [5.74, 6) is -18.3. The Morgan fingerprint density at radius 3 is 1.68 bits per heavy atom. The van der Waals surface area contributed by atoms with Crippen molar-refractivity contribution in [3.05, 3.63) is 0 Å². The molecule has 11 heteroatoms. The molecule has 2 N–H and O–H groups in total. The van der Waals surface area contributed by atoms with Gasteiger partial charge < -0.3 is 14.9 Å². The summed E-state index contributed by atoms with van der Waals surface area (Å²) in [4.78, 5) is 0. The molecule has 0 aliphatic heterocycles. The van der Waals surface area contributed by atoms with Crippen LogP contribution in [0.3, 0.4) is 0 Å². The maximum absolute atomic E-state index is 12.8. The minimum Gasteiger partial charge on any atom is -0.394 e. The predicted octanol–water partition coefficient (Wildman–Crippen LogP) is 1.87. The lowest BCUT2D eigenvalue weighted by Gasteiger charge is -2.35. The summed E-state index contributed by atoms with van der Waals surface area (Å²) in [5.41, 5.74) is 0. The van der Waals surface area contributed by atoms with Gasteiger partial charge in [-0.05, 0) is 0 Å². The molecule has 19 heavy (non-hydrogen) atoms. The summed E-state index contributed by atoms with van der Waals surface area (Å²) in [5, 5.41) is 16.8. The molecule has 0 saturated carbocycles. The highest BCUT2D eigenvalue weighted by Gasteiger charge is 2.80. The molecule has 1 atom stereocenters. The molecule has 116 valence electrons. The van der Waals surface area contributed by atoms with E-state index in [1.807, 2.05) is 0 Å². The Labute approximate surface area is 101 Å². The van der Waals surface area contributed by atoms with Crippen molar-refractivity contribution in [1.29, 1.82) is 0 Å². The number of hydrogen-bond acceptors (Lipinski definition) is 3. The zero-order chi connectivity index (χ0) is 15.7. The first kappa shape index (κ1) is 18.3. The van der Waals surface area contributed by atoms with E-state index in [4.69, 9.17) is 10.2 Å². The van der Waals surface area contributed by atoms with Crippen LogP contribution in [0.4, 0.5) is 35.1 Å². The molecule has 0 amide bonds. The Kier molecular flexibility index (Phi) is 5.17. The van der Waals surface area contributed by atoms with Gasteiger partial charge in [-0.3, -0.25) is 0 Å². The van der Waals surface area contributed by atoms with E-state index in [2.05, 4.69) is 4.74 Å². The SMILES string of the molecule is CC(F)(F)C(F)(F)C(F)(F)C(F)(F)OCC(O)CO. The molecule has 0 aromatic rings. The minimum atomic E-state index is -6.52.